The summed E-state index contributed by atoms with van der Waals surface area (Å²) in [5, 5.41) is 3.26. The van der Waals surface area contributed by atoms with Gasteiger partial charge in [-0.15, -0.1) is 0 Å². The maximum Gasteiger partial charge on any atom is 0.277 e. The van der Waals surface area contributed by atoms with Crippen molar-refractivity contribution in [2.45, 2.75) is 45.7 Å². The summed E-state index contributed by atoms with van der Waals surface area (Å²) in [5.41, 5.74) is 4.54. The van der Waals surface area contributed by atoms with Crippen LogP contribution in [0.15, 0.2) is 16.9 Å². The standard InChI is InChI=1S/C22H31N3O4/c1-6-25-21(18-10-15-8-7-9-16(15)11-19(18)29-5)23-14(2)20(22(25)26)24-17(12-27-3)13-28-4/h10-11,17,24H,6-9,12-13H2,1-5H3. The van der Waals surface area contributed by atoms with E-state index in [1.807, 2.05) is 13.8 Å². The predicted octanol–water partition coefficient (Wildman–Crippen LogP) is 2.81. The van der Waals surface area contributed by atoms with Crippen LogP contribution in [0.4, 0.5) is 5.69 Å². The molecule has 7 nitrogen and oxygen atoms in total. The lowest BCUT2D eigenvalue weighted by Gasteiger charge is -2.21. The van der Waals surface area contributed by atoms with E-state index in [1.165, 1.54) is 11.1 Å². The Hall–Kier alpha value is -2.38. The number of nitrogens with one attached hydrogen (secondary N) is 1. The quantitative estimate of drug-likeness (QED) is 0.696. The fourth-order valence-corrected chi connectivity index (χ4v) is 4.01. The number of rotatable bonds is 9. The van der Waals surface area contributed by atoms with E-state index in [0.29, 0.717) is 37.0 Å². The minimum absolute atomic E-state index is 0.102. The van der Waals surface area contributed by atoms with E-state index < -0.39 is 0 Å². The molecule has 3 rings (SSSR count). The van der Waals surface area contributed by atoms with Crippen molar-refractivity contribution < 1.29 is 14.2 Å². The molecule has 1 aromatic heterocycles. The second-order valence-corrected chi connectivity index (χ2v) is 7.37. The van der Waals surface area contributed by atoms with Gasteiger partial charge in [0.1, 0.15) is 17.3 Å². The van der Waals surface area contributed by atoms with Crippen LogP contribution in [-0.2, 0) is 28.9 Å². The molecular formula is C22H31N3O4. The summed E-state index contributed by atoms with van der Waals surface area (Å²) in [7, 11) is 4.92. The van der Waals surface area contributed by atoms with Gasteiger partial charge in [0.05, 0.1) is 37.6 Å². The molecule has 2 aromatic rings. The average Bonchev–Trinajstić information content (AvgIpc) is 3.17. The number of hydrogen-bond acceptors (Lipinski definition) is 6. The number of hydrogen-bond donors (Lipinski definition) is 1. The van der Waals surface area contributed by atoms with Gasteiger partial charge < -0.3 is 19.5 Å². The topological polar surface area (TPSA) is 74.6 Å². The Bertz CT molecular complexity index is 917. The van der Waals surface area contributed by atoms with Gasteiger partial charge in [-0.1, -0.05) is 0 Å². The van der Waals surface area contributed by atoms with Crippen LogP contribution >= 0.6 is 0 Å². The van der Waals surface area contributed by atoms with Crippen LogP contribution in [0.25, 0.3) is 11.4 Å². The molecule has 1 N–H and O–H groups in total. The molecule has 0 saturated heterocycles. The molecule has 1 aliphatic rings. The first-order chi connectivity index (χ1) is 14.0. The Labute approximate surface area is 172 Å². The minimum Gasteiger partial charge on any atom is -0.496 e. The summed E-state index contributed by atoms with van der Waals surface area (Å²) in [4.78, 5) is 18.2. The Kier molecular flexibility index (Phi) is 6.92. The number of methoxy groups -OCH3 is 3. The van der Waals surface area contributed by atoms with Gasteiger partial charge in [-0.3, -0.25) is 9.36 Å². The molecule has 0 atom stereocenters. The maximum atomic E-state index is 13.3. The first kappa shape index (κ1) is 21.3. The summed E-state index contributed by atoms with van der Waals surface area (Å²) in [5.74, 6) is 1.40. The van der Waals surface area contributed by atoms with E-state index in [4.69, 9.17) is 19.2 Å². The zero-order valence-electron chi connectivity index (χ0n) is 18.0. The number of nitrogens with zero attached hydrogens (tertiary/aromatic N) is 2. The molecule has 0 radical (unpaired) electrons. The normalized spacial score (nSPS) is 13.0. The summed E-state index contributed by atoms with van der Waals surface area (Å²) in [6, 6.07) is 4.10. The fourth-order valence-electron chi connectivity index (χ4n) is 4.01. The van der Waals surface area contributed by atoms with Crippen molar-refractivity contribution in [1.29, 1.82) is 0 Å². The van der Waals surface area contributed by atoms with E-state index in [1.54, 1.807) is 25.9 Å². The number of ether oxygens (including phenoxy) is 3. The van der Waals surface area contributed by atoms with Crippen LogP contribution in [-0.4, -0.2) is 50.1 Å². The Balaban J connectivity index is 2.10. The van der Waals surface area contributed by atoms with E-state index in [0.717, 1.165) is 30.6 Å². The van der Waals surface area contributed by atoms with Gasteiger partial charge in [0, 0.05) is 20.8 Å². The van der Waals surface area contributed by atoms with Crippen LogP contribution in [0.2, 0.25) is 0 Å². The highest BCUT2D eigenvalue weighted by atomic mass is 16.5. The lowest BCUT2D eigenvalue weighted by molar-refractivity contribution is 0.126. The summed E-state index contributed by atoms with van der Waals surface area (Å²) in [6.45, 7) is 5.17. The van der Waals surface area contributed by atoms with Crippen molar-refractivity contribution in [2.24, 2.45) is 0 Å². The zero-order chi connectivity index (χ0) is 21.0. The summed E-state index contributed by atoms with van der Waals surface area (Å²) in [6.07, 6.45) is 3.28. The lowest BCUT2D eigenvalue weighted by atomic mass is 10.0. The first-order valence-electron chi connectivity index (χ1n) is 10.1. The molecule has 1 aromatic carbocycles. The molecule has 0 bridgehead atoms. The van der Waals surface area contributed by atoms with Gasteiger partial charge in [0.2, 0.25) is 0 Å². The highest BCUT2D eigenvalue weighted by Gasteiger charge is 2.22. The minimum atomic E-state index is -0.135. The molecule has 7 heteroatoms. The first-order valence-corrected chi connectivity index (χ1v) is 10.1. The third-order valence-corrected chi connectivity index (χ3v) is 5.41. The number of anilines is 1. The Morgan fingerprint density at radius 1 is 1.14 bits per heavy atom. The lowest BCUT2D eigenvalue weighted by Crippen LogP contribution is -2.35. The number of aryl methyl sites for hydroxylation is 3. The zero-order valence-corrected chi connectivity index (χ0v) is 18.0. The molecule has 0 unspecified atom stereocenters. The largest absolute Gasteiger partial charge is 0.496 e. The molecule has 0 aliphatic heterocycles. The number of benzene rings is 1. The van der Waals surface area contributed by atoms with Crippen LogP contribution < -0.4 is 15.6 Å². The molecule has 29 heavy (non-hydrogen) atoms. The Morgan fingerprint density at radius 2 is 1.79 bits per heavy atom. The SMILES string of the molecule is CCn1c(-c2cc3c(cc2OC)CCC3)nc(C)c(NC(COC)COC)c1=O. The number of aromatic nitrogens is 2. The second kappa shape index (κ2) is 9.41. The maximum absolute atomic E-state index is 13.3. The molecule has 1 heterocycles. The molecule has 1 aliphatic carbocycles. The van der Waals surface area contributed by atoms with Crippen molar-refractivity contribution in [2.75, 3.05) is 39.9 Å². The summed E-state index contributed by atoms with van der Waals surface area (Å²) >= 11 is 0. The molecule has 0 saturated carbocycles. The monoisotopic (exact) mass is 401 g/mol. The van der Waals surface area contributed by atoms with Crippen molar-refractivity contribution in [1.82, 2.24) is 9.55 Å². The fraction of sp³-hybridized carbons (Fsp3) is 0.545. The molecule has 0 amide bonds. The van der Waals surface area contributed by atoms with Crippen LogP contribution in [0.1, 0.15) is 30.2 Å². The van der Waals surface area contributed by atoms with E-state index >= 15 is 0 Å². The molecule has 0 spiro atoms. The van der Waals surface area contributed by atoms with Crippen LogP contribution in [0.3, 0.4) is 0 Å². The van der Waals surface area contributed by atoms with Gasteiger partial charge in [0.25, 0.3) is 5.56 Å². The van der Waals surface area contributed by atoms with Gasteiger partial charge in [-0.2, -0.15) is 0 Å². The van der Waals surface area contributed by atoms with E-state index in [9.17, 15) is 4.79 Å². The highest BCUT2D eigenvalue weighted by molar-refractivity contribution is 5.69. The van der Waals surface area contributed by atoms with Crippen LogP contribution in [0.5, 0.6) is 5.75 Å². The van der Waals surface area contributed by atoms with E-state index in [-0.39, 0.29) is 11.6 Å². The Morgan fingerprint density at radius 3 is 2.38 bits per heavy atom. The average molecular weight is 402 g/mol. The van der Waals surface area contributed by atoms with Gasteiger partial charge >= 0.3 is 0 Å². The highest BCUT2D eigenvalue weighted by Crippen LogP contribution is 2.35. The van der Waals surface area contributed by atoms with E-state index in [2.05, 4.69) is 17.4 Å². The van der Waals surface area contributed by atoms with Crippen molar-refractivity contribution in [3.8, 4) is 17.1 Å². The predicted molar refractivity (Wildman–Crippen MR) is 114 cm³/mol. The third kappa shape index (κ3) is 4.31. The third-order valence-electron chi connectivity index (χ3n) is 5.41. The smallest absolute Gasteiger partial charge is 0.277 e. The number of fused-ring (bicyclic) bond motifs is 1. The molecule has 158 valence electrons. The van der Waals surface area contributed by atoms with Crippen molar-refractivity contribution in [3.05, 3.63) is 39.3 Å². The van der Waals surface area contributed by atoms with Gasteiger partial charge in [0.15, 0.2) is 0 Å². The van der Waals surface area contributed by atoms with Crippen LogP contribution in [0, 0.1) is 6.92 Å². The molecular weight excluding hydrogens is 370 g/mol. The van der Waals surface area contributed by atoms with Crippen molar-refractivity contribution in [3.63, 3.8) is 0 Å². The van der Waals surface area contributed by atoms with Crippen molar-refractivity contribution >= 4 is 5.69 Å². The summed E-state index contributed by atoms with van der Waals surface area (Å²) < 4.78 is 17.8. The van der Waals surface area contributed by atoms with Gasteiger partial charge in [-0.05, 0) is 56.4 Å². The molecule has 0 fully saturated rings. The second-order valence-electron chi connectivity index (χ2n) is 7.37. The van der Waals surface area contributed by atoms with Gasteiger partial charge in [-0.25, -0.2) is 4.98 Å².